The Bertz CT molecular complexity index is 269. The molecule has 1 aromatic carbocycles. The Kier molecular flexibility index (Phi) is 3.62. The van der Waals surface area contributed by atoms with Crippen LogP contribution < -0.4 is 11.1 Å². The molecule has 0 fully saturated rings. The third-order valence-electron chi connectivity index (χ3n) is 2.09. The van der Waals surface area contributed by atoms with Crippen LogP contribution in [-0.4, -0.2) is 6.54 Å². The molecule has 1 aromatic rings. The third-order valence-corrected chi connectivity index (χ3v) is 2.09. The first kappa shape index (κ1) is 9.90. The summed E-state index contributed by atoms with van der Waals surface area (Å²) in [5, 5.41) is 3.29. The molecular formula is C11H18N2. The molecule has 3 N–H and O–H groups in total. The Morgan fingerprint density at radius 3 is 2.62 bits per heavy atom. The number of nitrogens with two attached hydrogens (primary N) is 1. The number of hydrogen-bond donors (Lipinski definition) is 2. The van der Waals surface area contributed by atoms with Crippen LogP contribution >= 0.6 is 0 Å². The Labute approximate surface area is 80.1 Å². The van der Waals surface area contributed by atoms with Crippen LogP contribution in [0.1, 0.15) is 25.8 Å². The Morgan fingerprint density at radius 1 is 1.31 bits per heavy atom. The lowest BCUT2D eigenvalue weighted by Crippen LogP contribution is -2.03. The lowest BCUT2D eigenvalue weighted by atomic mass is 10.1. The second-order valence-electron chi connectivity index (χ2n) is 3.20. The maximum Gasteiger partial charge on any atom is 0.0574 e. The topological polar surface area (TPSA) is 38.0 Å². The first-order valence-corrected chi connectivity index (χ1v) is 4.90. The molecule has 0 aromatic heterocycles. The maximum absolute atomic E-state index is 5.88. The van der Waals surface area contributed by atoms with E-state index in [0.717, 1.165) is 30.8 Å². The monoisotopic (exact) mass is 178 g/mol. The summed E-state index contributed by atoms with van der Waals surface area (Å²) >= 11 is 0. The van der Waals surface area contributed by atoms with Crippen molar-refractivity contribution < 1.29 is 0 Å². The summed E-state index contributed by atoms with van der Waals surface area (Å²) in [5.74, 6) is 0. The van der Waals surface area contributed by atoms with Gasteiger partial charge in [-0.2, -0.15) is 0 Å². The quantitative estimate of drug-likeness (QED) is 0.696. The predicted octanol–water partition coefficient (Wildman–Crippen LogP) is 2.65. The van der Waals surface area contributed by atoms with E-state index in [1.54, 1.807) is 0 Å². The van der Waals surface area contributed by atoms with Crippen molar-refractivity contribution in [1.29, 1.82) is 0 Å². The molecule has 0 bridgehead atoms. The van der Waals surface area contributed by atoms with E-state index in [2.05, 4.69) is 31.3 Å². The van der Waals surface area contributed by atoms with Crippen molar-refractivity contribution in [3.05, 3.63) is 23.8 Å². The van der Waals surface area contributed by atoms with Gasteiger partial charge in [-0.1, -0.05) is 19.9 Å². The first-order valence-electron chi connectivity index (χ1n) is 4.90. The summed E-state index contributed by atoms with van der Waals surface area (Å²) < 4.78 is 0. The third kappa shape index (κ3) is 2.65. The van der Waals surface area contributed by atoms with E-state index in [0.29, 0.717) is 0 Å². The Morgan fingerprint density at radius 2 is 2.08 bits per heavy atom. The van der Waals surface area contributed by atoms with Crippen LogP contribution in [0.15, 0.2) is 18.2 Å². The number of anilines is 2. The molecule has 0 atom stereocenters. The molecule has 13 heavy (non-hydrogen) atoms. The van der Waals surface area contributed by atoms with Gasteiger partial charge in [0.15, 0.2) is 0 Å². The van der Waals surface area contributed by atoms with Gasteiger partial charge >= 0.3 is 0 Å². The molecule has 1 rings (SSSR count). The van der Waals surface area contributed by atoms with E-state index >= 15 is 0 Å². The molecule has 0 aliphatic rings. The van der Waals surface area contributed by atoms with E-state index in [-0.39, 0.29) is 0 Å². The summed E-state index contributed by atoms with van der Waals surface area (Å²) in [4.78, 5) is 0. The second-order valence-corrected chi connectivity index (χ2v) is 3.20. The first-order chi connectivity index (χ1) is 6.27. The summed E-state index contributed by atoms with van der Waals surface area (Å²) in [6, 6.07) is 6.22. The van der Waals surface area contributed by atoms with Gasteiger partial charge in [-0.05, 0) is 30.5 Å². The highest BCUT2D eigenvalue weighted by atomic mass is 14.9. The molecule has 0 saturated carbocycles. The number of nitrogens with one attached hydrogen (secondary N) is 1. The number of hydrogen-bond acceptors (Lipinski definition) is 2. The van der Waals surface area contributed by atoms with Crippen LogP contribution in [0.4, 0.5) is 11.4 Å². The van der Waals surface area contributed by atoms with Crippen molar-refractivity contribution in [2.24, 2.45) is 0 Å². The van der Waals surface area contributed by atoms with Crippen LogP contribution in [0.25, 0.3) is 0 Å². The van der Waals surface area contributed by atoms with Crippen molar-refractivity contribution in [1.82, 2.24) is 0 Å². The fourth-order valence-electron chi connectivity index (χ4n) is 1.25. The molecule has 2 nitrogen and oxygen atoms in total. The number of aryl methyl sites for hydroxylation is 1. The minimum Gasteiger partial charge on any atom is -0.397 e. The molecular weight excluding hydrogens is 160 g/mol. The predicted molar refractivity (Wildman–Crippen MR) is 59.0 cm³/mol. The van der Waals surface area contributed by atoms with Gasteiger partial charge in [0.25, 0.3) is 0 Å². The van der Waals surface area contributed by atoms with Crippen LogP contribution in [0, 0.1) is 0 Å². The normalized spacial score (nSPS) is 10.0. The van der Waals surface area contributed by atoms with Gasteiger partial charge in [0.1, 0.15) is 0 Å². The highest BCUT2D eigenvalue weighted by Crippen LogP contribution is 2.19. The van der Waals surface area contributed by atoms with Crippen LogP contribution in [0.5, 0.6) is 0 Å². The highest BCUT2D eigenvalue weighted by Gasteiger charge is 1.97. The van der Waals surface area contributed by atoms with Crippen molar-refractivity contribution >= 4 is 11.4 Å². The van der Waals surface area contributed by atoms with Gasteiger partial charge in [0, 0.05) is 6.54 Å². The molecule has 0 amide bonds. The van der Waals surface area contributed by atoms with E-state index in [1.165, 1.54) is 5.56 Å². The lowest BCUT2D eigenvalue weighted by molar-refractivity contribution is 0.979. The molecule has 0 spiro atoms. The minimum absolute atomic E-state index is 0.854. The average molecular weight is 178 g/mol. The SMILES string of the molecule is CCCNc1ccc(CC)cc1N. The van der Waals surface area contributed by atoms with E-state index in [1.807, 2.05) is 6.07 Å². The zero-order valence-corrected chi connectivity index (χ0v) is 8.43. The van der Waals surface area contributed by atoms with Crippen molar-refractivity contribution in [2.75, 3.05) is 17.6 Å². The molecule has 0 heterocycles. The molecule has 0 radical (unpaired) electrons. The minimum atomic E-state index is 0.854. The van der Waals surface area contributed by atoms with E-state index in [4.69, 9.17) is 5.73 Å². The molecule has 0 saturated heterocycles. The highest BCUT2D eigenvalue weighted by molar-refractivity contribution is 5.66. The van der Waals surface area contributed by atoms with Crippen molar-refractivity contribution in [2.45, 2.75) is 26.7 Å². The molecule has 72 valence electrons. The molecule has 0 unspecified atom stereocenters. The number of benzene rings is 1. The summed E-state index contributed by atoms with van der Waals surface area (Å²) in [6.45, 7) is 5.26. The van der Waals surface area contributed by atoms with Crippen LogP contribution in [0.3, 0.4) is 0 Å². The van der Waals surface area contributed by atoms with E-state index < -0.39 is 0 Å². The Hall–Kier alpha value is -1.18. The van der Waals surface area contributed by atoms with Crippen LogP contribution in [-0.2, 0) is 6.42 Å². The summed E-state index contributed by atoms with van der Waals surface area (Å²) in [6.07, 6.45) is 2.16. The zero-order valence-electron chi connectivity index (χ0n) is 8.43. The molecule has 0 aliphatic carbocycles. The average Bonchev–Trinajstić information content (AvgIpc) is 2.16. The van der Waals surface area contributed by atoms with Gasteiger partial charge < -0.3 is 11.1 Å². The van der Waals surface area contributed by atoms with Crippen molar-refractivity contribution in [3.63, 3.8) is 0 Å². The number of rotatable bonds is 4. The summed E-state index contributed by atoms with van der Waals surface area (Å²) in [7, 11) is 0. The maximum atomic E-state index is 5.88. The smallest absolute Gasteiger partial charge is 0.0574 e. The van der Waals surface area contributed by atoms with Gasteiger partial charge in [0.2, 0.25) is 0 Å². The Balaban J connectivity index is 2.73. The number of nitrogen functional groups attached to an aromatic ring is 1. The van der Waals surface area contributed by atoms with Gasteiger partial charge in [-0.25, -0.2) is 0 Å². The zero-order chi connectivity index (χ0) is 9.68. The van der Waals surface area contributed by atoms with Crippen molar-refractivity contribution in [3.8, 4) is 0 Å². The van der Waals surface area contributed by atoms with Crippen LogP contribution in [0.2, 0.25) is 0 Å². The van der Waals surface area contributed by atoms with E-state index in [9.17, 15) is 0 Å². The molecule has 2 heteroatoms. The largest absolute Gasteiger partial charge is 0.397 e. The fourth-order valence-corrected chi connectivity index (χ4v) is 1.25. The van der Waals surface area contributed by atoms with Gasteiger partial charge in [0.05, 0.1) is 11.4 Å². The molecule has 0 aliphatic heterocycles. The lowest BCUT2D eigenvalue weighted by Gasteiger charge is -2.09. The standard InChI is InChI=1S/C11H18N2/c1-3-7-13-11-6-5-9(4-2)8-10(11)12/h5-6,8,13H,3-4,7,12H2,1-2H3. The summed E-state index contributed by atoms with van der Waals surface area (Å²) in [5.41, 5.74) is 9.08. The fraction of sp³-hybridized carbons (Fsp3) is 0.455. The van der Waals surface area contributed by atoms with Gasteiger partial charge in [-0.15, -0.1) is 0 Å². The van der Waals surface area contributed by atoms with Gasteiger partial charge in [-0.3, -0.25) is 0 Å². The second kappa shape index (κ2) is 4.75.